The molecule has 0 unspecified atom stereocenters. The second-order valence-corrected chi connectivity index (χ2v) is 10.6. The molecule has 3 aromatic carbocycles. The Balaban J connectivity index is 1.29. The van der Waals surface area contributed by atoms with Crippen molar-refractivity contribution < 1.29 is 32.3 Å². The summed E-state index contributed by atoms with van der Waals surface area (Å²) in [6.07, 6.45) is -1.43. The van der Waals surface area contributed by atoms with E-state index in [0.717, 1.165) is 54.6 Å². The molecule has 3 aromatic rings. The van der Waals surface area contributed by atoms with E-state index in [1.165, 1.54) is 18.2 Å². The van der Waals surface area contributed by atoms with Crippen molar-refractivity contribution in [2.45, 2.75) is 49.4 Å². The van der Waals surface area contributed by atoms with E-state index in [-0.39, 0.29) is 23.4 Å². The normalized spacial score (nSPS) is 18.3. The van der Waals surface area contributed by atoms with Crippen molar-refractivity contribution in [3.63, 3.8) is 0 Å². The van der Waals surface area contributed by atoms with Crippen LogP contribution in [0.25, 0.3) is 0 Å². The van der Waals surface area contributed by atoms with Crippen LogP contribution in [0.1, 0.15) is 68.7 Å². The number of carbonyl (C=O) groups is 2. The number of carboxylic acid groups (broad SMARTS) is 1. The summed E-state index contributed by atoms with van der Waals surface area (Å²) in [4.78, 5) is 26.8. The highest BCUT2D eigenvalue weighted by atomic mass is 19.4. The van der Waals surface area contributed by atoms with Crippen LogP contribution >= 0.6 is 0 Å². The second kappa shape index (κ2) is 8.31. The molecular weight excluding hydrogens is 500 g/mol. The number of benzene rings is 3. The average Bonchev–Trinajstić information content (AvgIpc) is 3.78. The minimum absolute atomic E-state index is 0.0972. The smallest absolute Gasteiger partial charge is 0.419 e. The molecule has 0 atom stereocenters. The summed E-state index contributed by atoms with van der Waals surface area (Å²) in [5.74, 6) is -2.61. The van der Waals surface area contributed by atoms with Gasteiger partial charge in [-0.15, -0.1) is 0 Å². The van der Waals surface area contributed by atoms with Crippen LogP contribution in [-0.4, -0.2) is 23.5 Å². The Morgan fingerprint density at radius 1 is 0.974 bits per heavy atom. The largest absolute Gasteiger partial charge is 0.478 e. The van der Waals surface area contributed by atoms with Crippen molar-refractivity contribution >= 4 is 17.6 Å². The zero-order chi connectivity index (χ0) is 26.9. The van der Waals surface area contributed by atoms with E-state index in [1.54, 1.807) is 18.2 Å². The van der Waals surface area contributed by atoms with Crippen molar-refractivity contribution in [3.05, 3.63) is 99.9 Å². The van der Waals surface area contributed by atoms with Gasteiger partial charge in [-0.1, -0.05) is 30.3 Å². The molecule has 196 valence electrons. The quantitative estimate of drug-likeness (QED) is 0.388. The lowest BCUT2D eigenvalue weighted by molar-refractivity contribution is -0.140. The van der Waals surface area contributed by atoms with Gasteiger partial charge in [0.15, 0.2) is 0 Å². The lowest BCUT2D eigenvalue weighted by atomic mass is 9.96. The molecule has 9 heteroatoms. The summed E-state index contributed by atoms with van der Waals surface area (Å²) in [5.41, 5.74) is 1.66. The monoisotopic (exact) mass is 524 g/mol. The molecule has 0 radical (unpaired) electrons. The number of carboxylic acids is 1. The highest BCUT2D eigenvalue weighted by Crippen LogP contribution is 2.57. The number of carbonyl (C=O) groups excluding carboxylic acids is 1. The van der Waals surface area contributed by atoms with E-state index in [4.69, 9.17) is 0 Å². The molecule has 2 aliphatic carbocycles. The minimum Gasteiger partial charge on any atom is -0.478 e. The predicted molar refractivity (Wildman–Crippen MR) is 132 cm³/mol. The van der Waals surface area contributed by atoms with Gasteiger partial charge >= 0.3 is 12.1 Å². The van der Waals surface area contributed by atoms with Crippen LogP contribution in [0.5, 0.6) is 0 Å². The molecule has 2 N–H and O–H groups in total. The number of amides is 1. The minimum atomic E-state index is -4.76. The lowest BCUT2D eigenvalue weighted by Crippen LogP contribution is -2.36. The number of nitrogens with zero attached hydrogens (tertiary/aromatic N) is 1. The van der Waals surface area contributed by atoms with Crippen molar-refractivity contribution in [2.24, 2.45) is 0 Å². The van der Waals surface area contributed by atoms with Gasteiger partial charge in [0.1, 0.15) is 5.82 Å². The number of aromatic carboxylic acids is 1. The topological polar surface area (TPSA) is 69.6 Å². The van der Waals surface area contributed by atoms with Gasteiger partial charge in [0.05, 0.1) is 27.9 Å². The molecule has 2 fully saturated rings. The van der Waals surface area contributed by atoms with E-state index in [0.29, 0.717) is 17.7 Å². The van der Waals surface area contributed by atoms with Crippen LogP contribution in [0.2, 0.25) is 0 Å². The first kappa shape index (κ1) is 24.5. The third kappa shape index (κ3) is 4.10. The first-order chi connectivity index (χ1) is 18.0. The zero-order valence-electron chi connectivity index (χ0n) is 20.2. The van der Waals surface area contributed by atoms with Crippen molar-refractivity contribution in [1.82, 2.24) is 5.32 Å². The molecule has 6 rings (SSSR count). The average molecular weight is 525 g/mol. The summed E-state index contributed by atoms with van der Waals surface area (Å²) < 4.78 is 53.4. The van der Waals surface area contributed by atoms with Crippen molar-refractivity contribution in [1.29, 1.82) is 0 Å². The van der Waals surface area contributed by atoms with Crippen LogP contribution in [-0.2, 0) is 23.7 Å². The van der Waals surface area contributed by atoms with E-state index >= 15 is 0 Å². The van der Waals surface area contributed by atoms with Crippen molar-refractivity contribution in [2.75, 3.05) is 11.4 Å². The molecule has 0 saturated heterocycles. The van der Waals surface area contributed by atoms with Gasteiger partial charge in [0, 0.05) is 18.5 Å². The van der Waals surface area contributed by atoms with E-state index in [2.05, 4.69) is 5.32 Å². The van der Waals surface area contributed by atoms with Gasteiger partial charge in [-0.3, -0.25) is 4.79 Å². The number of hydrogen-bond donors (Lipinski definition) is 2. The van der Waals surface area contributed by atoms with E-state index < -0.39 is 29.1 Å². The molecule has 1 aliphatic heterocycles. The number of nitrogens with one attached hydrogen (secondary N) is 1. The van der Waals surface area contributed by atoms with Gasteiger partial charge in [0.25, 0.3) is 5.91 Å². The molecule has 1 spiro atoms. The standard InChI is InChI=1S/C29H24F4N2O3/c30-23-14-17(4-9-21(23)29(31,32)33)15-35-16-27(10-11-27)22-3-1-2-20(24(22)35)25(36)34-28(12-13-28)19-7-5-18(6-8-19)26(37)38/h1-9,14H,10-13,15-16H2,(H,34,36)(H,37,38). The van der Waals surface area contributed by atoms with Crippen LogP contribution in [0.3, 0.4) is 0 Å². The van der Waals surface area contributed by atoms with Gasteiger partial charge in [-0.2, -0.15) is 13.2 Å². The van der Waals surface area contributed by atoms with E-state index in [9.17, 15) is 32.3 Å². The van der Waals surface area contributed by atoms with Crippen LogP contribution in [0.4, 0.5) is 23.2 Å². The Labute approximate surface area is 216 Å². The number of rotatable bonds is 6. The molecule has 1 heterocycles. The summed E-state index contributed by atoms with van der Waals surface area (Å²) >= 11 is 0. The molecule has 2 saturated carbocycles. The maximum absolute atomic E-state index is 14.3. The first-order valence-electron chi connectivity index (χ1n) is 12.4. The third-order valence-corrected chi connectivity index (χ3v) is 8.01. The summed E-state index contributed by atoms with van der Waals surface area (Å²) in [6.45, 7) is 0.785. The molecule has 5 nitrogen and oxygen atoms in total. The molecule has 0 aromatic heterocycles. The molecular formula is C29H24F4N2O3. The number of para-hydroxylation sites is 1. The van der Waals surface area contributed by atoms with Gasteiger partial charge in [0.2, 0.25) is 0 Å². The number of hydrogen-bond acceptors (Lipinski definition) is 3. The molecule has 1 amide bonds. The Morgan fingerprint density at radius 3 is 2.26 bits per heavy atom. The predicted octanol–water partition coefficient (Wildman–Crippen LogP) is 6.01. The van der Waals surface area contributed by atoms with Crippen LogP contribution < -0.4 is 10.2 Å². The number of anilines is 1. The second-order valence-electron chi connectivity index (χ2n) is 10.6. The van der Waals surface area contributed by atoms with Gasteiger partial charge in [-0.25, -0.2) is 9.18 Å². The number of alkyl halides is 3. The Kier molecular flexibility index (Phi) is 5.35. The number of fused-ring (bicyclic) bond motifs is 2. The fraction of sp³-hybridized carbons (Fsp3) is 0.310. The summed E-state index contributed by atoms with van der Waals surface area (Å²) in [6, 6.07) is 15.0. The SMILES string of the molecule is O=C(O)c1ccc(C2(NC(=O)c3cccc4c3N(Cc3ccc(C(F)(F)F)c(F)c3)CC43CC3)CC2)cc1. The summed E-state index contributed by atoms with van der Waals surface area (Å²) in [7, 11) is 0. The Bertz CT molecular complexity index is 1460. The zero-order valence-corrected chi connectivity index (χ0v) is 20.2. The van der Waals surface area contributed by atoms with Gasteiger partial charge in [-0.05, 0) is 72.7 Å². The highest BCUT2D eigenvalue weighted by Gasteiger charge is 2.53. The third-order valence-electron chi connectivity index (χ3n) is 8.01. The van der Waals surface area contributed by atoms with Crippen molar-refractivity contribution in [3.8, 4) is 0 Å². The van der Waals surface area contributed by atoms with Crippen LogP contribution in [0.15, 0.2) is 60.7 Å². The fourth-order valence-electron chi connectivity index (χ4n) is 5.67. The molecule has 38 heavy (non-hydrogen) atoms. The maximum Gasteiger partial charge on any atom is 0.419 e. The lowest BCUT2D eigenvalue weighted by Gasteiger charge is -2.24. The van der Waals surface area contributed by atoms with Gasteiger partial charge < -0.3 is 15.3 Å². The molecule has 3 aliphatic rings. The Hall–Kier alpha value is -3.88. The Morgan fingerprint density at radius 2 is 1.68 bits per heavy atom. The maximum atomic E-state index is 14.3. The fourth-order valence-corrected chi connectivity index (χ4v) is 5.67. The summed E-state index contributed by atoms with van der Waals surface area (Å²) in [5, 5.41) is 12.3. The molecule has 0 bridgehead atoms. The number of halogens is 4. The first-order valence-corrected chi connectivity index (χ1v) is 12.4. The van der Waals surface area contributed by atoms with E-state index in [1.807, 2.05) is 17.0 Å². The van der Waals surface area contributed by atoms with Crippen LogP contribution in [0, 0.1) is 5.82 Å². The highest BCUT2D eigenvalue weighted by molar-refractivity contribution is 6.02.